The number of anilines is 1. The standard InChI is InChI=1S/C24H25FN2O4S/c1-14-10-15(2)22(16(3)11-14)26-20(28)12-31-23(30)19-13-32-24(9-8-21(29)27(19)24)17-4-6-18(25)7-5-17/h4-7,10-11,19H,8-9,12-13H2,1-3H3,(H,26,28)/t19-,24+/m1/s1. The van der Waals surface area contributed by atoms with Gasteiger partial charge in [-0.1, -0.05) is 29.8 Å². The number of hydrogen-bond acceptors (Lipinski definition) is 5. The molecule has 4 rings (SSSR count). The first-order valence-corrected chi connectivity index (χ1v) is 11.5. The first-order chi connectivity index (χ1) is 15.2. The van der Waals surface area contributed by atoms with Crippen LogP contribution in [0.3, 0.4) is 0 Å². The number of halogens is 1. The fourth-order valence-corrected chi connectivity index (χ4v) is 6.25. The molecule has 0 saturated carbocycles. The molecule has 2 amide bonds. The average molecular weight is 457 g/mol. The van der Waals surface area contributed by atoms with Crippen molar-refractivity contribution in [1.82, 2.24) is 4.90 Å². The zero-order chi connectivity index (χ0) is 23.0. The number of fused-ring (bicyclic) bond motifs is 1. The smallest absolute Gasteiger partial charge is 0.330 e. The summed E-state index contributed by atoms with van der Waals surface area (Å²) in [6.07, 6.45) is 0.846. The van der Waals surface area contributed by atoms with Gasteiger partial charge in [-0.15, -0.1) is 11.8 Å². The number of rotatable bonds is 5. The lowest BCUT2D eigenvalue weighted by Crippen LogP contribution is -2.47. The molecule has 32 heavy (non-hydrogen) atoms. The first-order valence-electron chi connectivity index (χ1n) is 10.5. The van der Waals surface area contributed by atoms with E-state index < -0.39 is 29.4 Å². The predicted octanol–water partition coefficient (Wildman–Crippen LogP) is 3.82. The van der Waals surface area contributed by atoms with Crippen molar-refractivity contribution in [2.24, 2.45) is 0 Å². The third-order valence-corrected chi connectivity index (χ3v) is 7.58. The summed E-state index contributed by atoms with van der Waals surface area (Å²) in [5, 5.41) is 2.81. The average Bonchev–Trinajstić information content (AvgIpc) is 3.28. The van der Waals surface area contributed by atoms with Gasteiger partial charge in [0, 0.05) is 17.9 Å². The molecule has 8 heteroatoms. The van der Waals surface area contributed by atoms with E-state index in [1.807, 2.05) is 32.9 Å². The normalized spacial score (nSPS) is 22.1. The van der Waals surface area contributed by atoms with Gasteiger partial charge in [-0.05, 0) is 56.0 Å². The SMILES string of the molecule is Cc1cc(C)c(NC(=O)COC(=O)[C@H]2CS[C@]3(c4ccc(F)cc4)CCC(=O)N23)c(C)c1. The Bertz CT molecular complexity index is 1060. The number of aryl methyl sites for hydroxylation is 3. The fourth-order valence-electron chi connectivity index (χ4n) is 4.61. The maximum atomic E-state index is 13.4. The number of carbonyl (C=O) groups is 3. The van der Waals surface area contributed by atoms with Gasteiger partial charge in [0.05, 0.1) is 0 Å². The lowest BCUT2D eigenvalue weighted by molar-refractivity contribution is -0.155. The lowest BCUT2D eigenvalue weighted by Gasteiger charge is -2.33. The van der Waals surface area contributed by atoms with Crippen LogP contribution in [-0.2, 0) is 24.0 Å². The Hall–Kier alpha value is -2.87. The Kier molecular flexibility index (Phi) is 5.99. The third-order valence-electron chi connectivity index (χ3n) is 5.98. The molecule has 0 aliphatic carbocycles. The summed E-state index contributed by atoms with van der Waals surface area (Å²) in [5.41, 5.74) is 4.46. The first kappa shape index (κ1) is 22.3. The summed E-state index contributed by atoms with van der Waals surface area (Å²) in [7, 11) is 0. The molecule has 168 valence electrons. The molecule has 0 unspecified atom stereocenters. The second-order valence-electron chi connectivity index (χ2n) is 8.31. The minimum atomic E-state index is -0.782. The number of esters is 1. The van der Waals surface area contributed by atoms with Gasteiger partial charge in [-0.3, -0.25) is 9.59 Å². The summed E-state index contributed by atoms with van der Waals surface area (Å²) in [4.78, 5) is 38.7. The zero-order valence-electron chi connectivity index (χ0n) is 18.2. The second-order valence-corrected chi connectivity index (χ2v) is 9.61. The van der Waals surface area contributed by atoms with E-state index in [1.165, 1.54) is 23.9 Å². The van der Waals surface area contributed by atoms with Crippen LogP contribution in [0.25, 0.3) is 0 Å². The van der Waals surface area contributed by atoms with Crippen molar-refractivity contribution in [2.45, 2.75) is 44.5 Å². The molecular formula is C24H25FN2O4S. The van der Waals surface area contributed by atoms with Crippen molar-refractivity contribution in [3.05, 3.63) is 64.5 Å². The van der Waals surface area contributed by atoms with E-state index in [-0.39, 0.29) is 11.7 Å². The van der Waals surface area contributed by atoms with E-state index in [1.54, 1.807) is 17.0 Å². The number of amides is 2. The van der Waals surface area contributed by atoms with Crippen molar-refractivity contribution < 1.29 is 23.5 Å². The Morgan fingerprint density at radius 1 is 1.19 bits per heavy atom. The molecule has 0 spiro atoms. The van der Waals surface area contributed by atoms with E-state index in [0.717, 1.165) is 22.3 Å². The second kappa shape index (κ2) is 8.58. The number of hydrogen-bond donors (Lipinski definition) is 1. The van der Waals surface area contributed by atoms with E-state index in [9.17, 15) is 18.8 Å². The topological polar surface area (TPSA) is 75.7 Å². The molecule has 6 nitrogen and oxygen atoms in total. The molecule has 0 radical (unpaired) electrons. The van der Waals surface area contributed by atoms with Crippen LogP contribution in [0.2, 0.25) is 0 Å². The zero-order valence-corrected chi connectivity index (χ0v) is 19.1. The van der Waals surface area contributed by atoms with Crippen LogP contribution >= 0.6 is 11.8 Å². The molecule has 1 N–H and O–H groups in total. The summed E-state index contributed by atoms with van der Waals surface area (Å²) >= 11 is 1.48. The molecule has 2 aliphatic heterocycles. The minimum absolute atomic E-state index is 0.142. The highest BCUT2D eigenvalue weighted by Crippen LogP contribution is 2.54. The molecule has 2 saturated heterocycles. The van der Waals surface area contributed by atoms with Crippen LogP contribution in [-0.4, -0.2) is 41.1 Å². The summed E-state index contributed by atoms with van der Waals surface area (Å²) in [6, 6.07) is 9.18. The van der Waals surface area contributed by atoms with Crippen molar-refractivity contribution >= 4 is 35.2 Å². The predicted molar refractivity (Wildman–Crippen MR) is 121 cm³/mol. The molecule has 2 heterocycles. The summed E-state index contributed by atoms with van der Waals surface area (Å²) in [5.74, 6) is -1.18. The number of benzene rings is 2. The molecule has 2 aromatic carbocycles. The van der Waals surface area contributed by atoms with Gasteiger partial charge < -0.3 is 15.0 Å². The molecular weight excluding hydrogens is 431 g/mol. The molecule has 0 aromatic heterocycles. The fraction of sp³-hybridized carbons (Fsp3) is 0.375. The molecule has 2 aliphatic rings. The van der Waals surface area contributed by atoms with Crippen LogP contribution in [0.4, 0.5) is 10.1 Å². The highest BCUT2D eigenvalue weighted by molar-refractivity contribution is 8.00. The summed E-state index contributed by atoms with van der Waals surface area (Å²) < 4.78 is 18.7. The lowest BCUT2D eigenvalue weighted by atomic mass is 10.0. The van der Waals surface area contributed by atoms with Crippen molar-refractivity contribution in [2.75, 3.05) is 17.7 Å². The van der Waals surface area contributed by atoms with Crippen molar-refractivity contribution in [3.63, 3.8) is 0 Å². The van der Waals surface area contributed by atoms with Crippen LogP contribution in [0.15, 0.2) is 36.4 Å². The van der Waals surface area contributed by atoms with Crippen molar-refractivity contribution in [1.29, 1.82) is 0 Å². The van der Waals surface area contributed by atoms with Gasteiger partial charge in [0.15, 0.2) is 6.61 Å². The maximum Gasteiger partial charge on any atom is 0.330 e. The Morgan fingerprint density at radius 2 is 1.84 bits per heavy atom. The Balaban J connectivity index is 1.43. The summed E-state index contributed by atoms with van der Waals surface area (Å²) in [6.45, 7) is 5.37. The van der Waals surface area contributed by atoms with Gasteiger partial charge in [0.1, 0.15) is 16.7 Å². The van der Waals surface area contributed by atoms with Gasteiger partial charge in [0.2, 0.25) is 5.91 Å². The number of thioether (sulfide) groups is 1. The van der Waals surface area contributed by atoms with E-state index in [0.29, 0.717) is 24.3 Å². The van der Waals surface area contributed by atoms with Gasteiger partial charge in [-0.25, -0.2) is 9.18 Å². The van der Waals surface area contributed by atoms with Crippen LogP contribution < -0.4 is 5.32 Å². The molecule has 2 aromatic rings. The largest absolute Gasteiger partial charge is 0.454 e. The van der Waals surface area contributed by atoms with Crippen molar-refractivity contribution in [3.8, 4) is 0 Å². The quantitative estimate of drug-likeness (QED) is 0.693. The number of nitrogens with zero attached hydrogens (tertiary/aromatic N) is 1. The third kappa shape index (κ3) is 3.99. The minimum Gasteiger partial charge on any atom is -0.454 e. The Labute approximate surface area is 190 Å². The monoisotopic (exact) mass is 456 g/mol. The van der Waals surface area contributed by atoms with Gasteiger partial charge in [0.25, 0.3) is 5.91 Å². The van der Waals surface area contributed by atoms with Crippen LogP contribution in [0.1, 0.15) is 35.1 Å². The van der Waals surface area contributed by atoms with Crippen LogP contribution in [0, 0.1) is 26.6 Å². The van der Waals surface area contributed by atoms with Gasteiger partial charge in [-0.2, -0.15) is 0 Å². The number of carbonyl (C=O) groups excluding carboxylic acids is 3. The molecule has 2 fully saturated rings. The highest BCUT2D eigenvalue weighted by Gasteiger charge is 2.57. The van der Waals surface area contributed by atoms with E-state index >= 15 is 0 Å². The highest BCUT2D eigenvalue weighted by atomic mass is 32.2. The van der Waals surface area contributed by atoms with E-state index in [2.05, 4.69) is 5.32 Å². The molecule has 0 bridgehead atoms. The maximum absolute atomic E-state index is 13.4. The van der Waals surface area contributed by atoms with Gasteiger partial charge >= 0.3 is 5.97 Å². The number of ether oxygens (including phenoxy) is 1. The van der Waals surface area contributed by atoms with Crippen LogP contribution in [0.5, 0.6) is 0 Å². The molecule has 2 atom stereocenters. The number of nitrogens with one attached hydrogen (secondary N) is 1. The Morgan fingerprint density at radius 3 is 2.50 bits per heavy atom. The van der Waals surface area contributed by atoms with E-state index in [4.69, 9.17) is 4.74 Å².